The van der Waals surface area contributed by atoms with Crippen LogP contribution in [0.15, 0.2) is 65.6 Å². The number of hydrogen-bond acceptors (Lipinski definition) is 4. The van der Waals surface area contributed by atoms with E-state index in [0.29, 0.717) is 35.2 Å². The molecule has 4 aromatic rings. The lowest BCUT2D eigenvalue weighted by Gasteiger charge is -2.07. The van der Waals surface area contributed by atoms with Crippen molar-refractivity contribution < 1.29 is 0 Å². The third kappa shape index (κ3) is 4.30. The van der Waals surface area contributed by atoms with Gasteiger partial charge < -0.3 is 9.88 Å². The number of hydrogen-bond donors (Lipinski definition) is 2. The van der Waals surface area contributed by atoms with E-state index in [4.69, 9.17) is 23.2 Å². The number of nitrogens with zero attached hydrogens (tertiary/aromatic N) is 2. The molecule has 0 unspecified atom stereocenters. The van der Waals surface area contributed by atoms with Gasteiger partial charge in [0.15, 0.2) is 0 Å². The number of benzene rings is 1. The zero-order valence-corrected chi connectivity index (χ0v) is 17.0. The first-order valence-electron chi connectivity index (χ1n) is 8.56. The van der Waals surface area contributed by atoms with Crippen molar-refractivity contribution in [3.63, 3.8) is 0 Å². The Labute approximate surface area is 175 Å². The lowest BCUT2D eigenvalue weighted by atomic mass is 10.2. The smallest absolute Gasteiger partial charge is 0.260 e. The molecule has 3 aromatic heterocycles. The van der Waals surface area contributed by atoms with Crippen LogP contribution in [0, 0.1) is 0 Å². The van der Waals surface area contributed by atoms with Gasteiger partial charge in [0.2, 0.25) is 0 Å². The van der Waals surface area contributed by atoms with E-state index in [-0.39, 0.29) is 5.56 Å². The molecule has 0 bridgehead atoms. The van der Waals surface area contributed by atoms with Gasteiger partial charge in [-0.1, -0.05) is 35.3 Å². The molecule has 5 nitrogen and oxygen atoms in total. The second-order valence-electron chi connectivity index (χ2n) is 6.21. The second-order valence-corrected chi connectivity index (χ2v) is 8.44. The molecule has 0 aliphatic rings. The highest BCUT2D eigenvalue weighted by atomic mass is 35.5. The number of aromatic nitrogens is 3. The van der Waals surface area contributed by atoms with Crippen molar-refractivity contribution in [3.05, 3.63) is 90.9 Å². The highest BCUT2D eigenvalue weighted by Crippen LogP contribution is 2.23. The zero-order valence-electron chi connectivity index (χ0n) is 14.7. The van der Waals surface area contributed by atoms with Gasteiger partial charge >= 0.3 is 0 Å². The predicted molar refractivity (Wildman–Crippen MR) is 115 cm³/mol. The van der Waals surface area contributed by atoms with Gasteiger partial charge in [0.05, 0.1) is 28.7 Å². The minimum absolute atomic E-state index is 0.0855. The Balaban J connectivity index is 1.52. The average Bonchev–Trinajstić information content (AvgIpc) is 3.32. The first-order valence-corrected chi connectivity index (χ1v) is 10.1. The number of halogens is 2. The maximum Gasteiger partial charge on any atom is 0.260 e. The fraction of sp³-hybridized carbons (Fsp3) is 0.100. The molecular weight excluding hydrogens is 415 g/mol. The molecular formula is C20H16Cl2N4OS. The van der Waals surface area contributed by atoms with E-state index in [2.05, 4.69) is 15.5 Å². The van der Waals surface area contributed by atoms with Gasteiger partial charge in [-0.25, -0.2) is 0 Å². The summed E-state index contributed by atoms with van der Waals surface area (Å²) in [6.45, 7) is 1.10. The largest absolute Gasteiger partial charge is 0.364 e. The molecule has 8 heteroatoms. The SMILES string of the molecule is O=c1c(-c2cc(NCc3ccc(Cl)s3)n[nH]2)cccn1Cc1ccc(Cl)cc1. The summed E-state index contributed by atoms with van der Waals surface area (Å²) in [6, 6.07) is 16.8. The molecule has 0 saturated carbocycles. The van der Waals surface area contributed by atoms with Gasteiger partial charge in [0.1, 0.15) is 5.82 Å². The highest BCUT2D eigenvalue weighted by molar-refractivity contribution is 7.16. The standard InChI is InChI=1S/C20H16Cl2N4OS/c21-14-5-3-13(4-6-14)12-26-9-1-2-16(20(26)27)17-10-19(25-24-17)23-11-15-7-8-18(22)28-15/h1-10H,11-12H2,(H2,23,24,25). The van der Waals surface area contributed by atoms with Crippen LogP contribution in [0.5, 0.6) is 0 Å². The molecule has 4 rings (SSSR count). The summed E-state index contributed by atoms with van der Waals surface area (Å²) in [5, 5.41) is 11.1. The van der Waals surface area contributed by atoms with E-state index in [9.17, 15) is 4.79 Å². The number of nitrogens with one attached hydrogen (secondary N) is 2. The van der Waals surface area contributed by atoms with Gasteiger partial charge in [0.25, 0.3) is 5.56 Å². The van der Waals surface area contributed by atoms with Crippen LogP contribution < -0.4 is 10.9 Å². The number of aromatic amines is 1. The van der Waals surface area contributed by atoms with Crippen molar-refractivity contribution in [1.82, 2.24) is 14.8 Å². The Morgan fingerprint density at radius 1 is 1.11 bits per heavy atom. The molecule has 0 saturated heterocycles. The fourth-order valence-corrected chi connectivity index (χ4v) is 3.98. The van der Waals surface area contributed by atoms with Crippen molar-refractivity contribution in [2.24, 2.45) is 0 Å². The van der Waals surface area contributed by atoms with E-state index in [1.54, 1.807) is 16.8 Å². The van der Waals surface area contributed by atoms with Crippen LogP contribution in [0.3, 0.4) is 0 Å². The van der Waals surface area contributed by atoms with Crippen LogP contribution >= 0.6 is 34.5 Å². The lowest BCUT2D eigenvalue weighted by molar-refractivity contribution is 0.761. The third-order valence-corrected chi connectivity index (χ3v) is 5.71. The first kappa shape index (κ1) is 18.8. The van der Waals surface area contributed by atoms with E-state index < -0.39 is 0 Å². The Morgan fingerprint density at radius 3 is 2.68 bits per heavy atom. The molecule has 28 heavy (non-hydrogen) atoms. The first-order chi connectivity index (χ1) is 13.6. The zero-order chi connectivity index (χ0) is 19.5. The van der Waals surface area contributed by atoms with Crippen molar-refractivity contribution in [3.8, 4) is 11.3 Å². The molecule has 1 aromatic carbocycles. The summed E-state index contributed by atoms with van der Waals surface area (Å²) in [6.07, 6.45) is 1.77. The number of anilines is 1. The van der Waals surface area contributed by atoms with Crippen molar-refractivity contribution in [2.75, 3.05) is 5.32 Å². The van der Waals surface area contributed by atoms with E-state index >= 15 is 0 Å². The second kappa shape index (κ2) is 8.22. The summed E-state index contributed by atoms with van der Waals surface area (Å²) >= 11 is 13.4. The summed E-state index contributed by atoms with van der Waals surface area (Å²) in [5.41, 5.74) is 2.15. The number of rotatable bonds is 6. The molecule has 0 amide bonds. The molecule has 0 aliphatic carbocycles. The van der Waals surface area contributed by atoms with Crippen LogP contribution in [-0.2, 0) is 13.1 Å². The summed E-state index contributed by atoms with van der Waals surface area (Å²) < 4.78 is 2.42. The summed E-state index contributed by atoms with van der Waals surface area (Å²) in [5.74, 6) is 0.673. The molecule has 0 aliphatic heterocycles. The fourth-order valence-electron chi connectivity index (χ4n) is 2.83. The summed E-state index contributed by atoms with van der Waals surface area (Å²) in [7, 11) is 0. The number of thiophene rings is 1. The average molecular weight is 431 g/mol. The Bertz CT molecular complexity index is 1150. The van der Waals surface area contributed by atoms with Gasteiger partial charge in [-0.05, 0) is 42.0 Å². The predicted octanol–water partition coefficient (Wildman–Crippen LogP) is 5.27. The van der Waals surface area contributed by atoms with E-state index in [1.807, 2.05) is 48.5 Å². The Morgan fingerprint density at radius 2 is 1.93 bits per heavy atom. The third-order valence-electron chi connectivity index (χ3n) is 4.23. The minimum atomic E-state index is -0.0855. The molecule has 0 atom stereocenters. The van der Waals surface area contributed by atoms with Crippen LogP contribution in [0.1, 0.15) is 10.4 Å². The quantitative estimate of drug-likeness (QED) is 0.437. The molecule has 0 radical (unpaired) electrons. The van der Waals surface area contributed by atoms with Gasteiger partial charge in [0, 0.05) is 22.2 Å². The van der Waals surface area contributed by atoms with Crippen molar-refractivity contribution in [1.29, 1.82) is 0 Å². The van der Waals surface area contributed by atoms with Gasteiger partial charge in [-0.15, -0.1) is 11.3 Å². The van der Waals surface area contributed by atoms with Crippen LogP contribution in [0.25, 0.3) is 11.3 Å². The van der Waals surface area contributed by atoms with Crippen LogP contribution in [0.4, 0.5) is 5.82 Å². The Kier molecular flexibility index (Phi) is 5.52. The topological polar surface area (TPSA) is 62.7 Å². The molecule has 3 heterocycles. The monoisotopic (exact) mass is 430 g/mol. The maximum atomic E-state index is 12.9. The van der Waals surface area contributed by atoms with Gasteiger partial charge in [-0.3, -0.25) is 9.89 Å². The highest BCUT2D eigenvalue weighted by Gasteiger charge is 2.10. The van der Waals surface area contributed by atoms with Crippen LogP contribution in [-0.4, -0.2) is 14.8 Å². The Hall–Kier alpha value is -2.54. The summed E-state index contributed by atoms with van der Waals surface area (Å²) in [4.78, 5) is 14.0. The van der Waals surface area contributed by atoms with E-state index in [0.717, 1.165) is 14.8 Å². The molecule has 0 fully saturated rings. The normalized spacial score (nSPS) is 10.9. The minimum Gasteiger partial charge on any atom is -0.364 e. The van der Waals surface area contributed by atoms with Gasteiger partial charge in [-0.2, -0.15) is 5.10 Å². The molecule has 142 valence electrons. The van der Waals surface area contributed by atoms with Crippen LogP contribution in [0.2, 0.25) is 9.36 Å². The van der Waals surface area contributed by atoms with Crippen molar-refractivity contribution in [2.45, 2.75) is 13.1 Å². The van der Waals surface area contributed by atoms with E-state index in [1.165, 1.54) is 11.3 Å². The molecule has 0 spiro atoms. The number of H-pyrrole nitrogens is 1. The maximum absolute atomic E-state index is 12.9. The molecule has 2 N–H and O–H groups in total. The van der Waals surface area contributed by atoms with Crippen molar-refractivity contribution >= 4 is 40.4 Å². The number of pyridine rings is 1. The lowest BCUT2D eigenvalue weighted by Crippen LogP contribution is -2.21.